The Bertz CT molecular complexity index is 1010. The van der Waals surface area contributed by atoms with Crippen molar-refractivity contribution in [1.29, 1.82) is 0 Å². The second kappa shape index (κ2) is 10.9. The third-order valence-electron chi connectivity index (χ3n) is 5.96. The lowest BCUT2D eigenvalue weighted by Crippen LogP contribution is -2.35. The number of hydrogen-bond acceptors (Lipinski definition) is 3. The summed E-state index contributed by atoms with van der Waals surface area (Å²) in [7, 11) is 0. The summed E-state index contributed by atoms with van der Waals surface area (Å²) < 4.78 is 2.36. The number of rotatable bonds is 8. The van der Waals surface area contributed by atoms with Crippen LogP contribution in [0.15, 0.2) is 65.8 Å². The molecule has 1 saturated heterocycles. The third kappa shape index (κ3) is 5.26. The summed E-state index contributed by atoms with van der Waals surface area (Å²) in [6, 6.07) is 21.3. The normalized spacial score (nSPS) is 14.2. The van der Waals surface area contributed by atoms with Crippen molar-refractivity contribution in [2.24, 2.45) is 0 Å². The molecule has 168 valence electrons. The minimum absolute atomic E-state index is 0.285. The predicted octanol–water partition coefficient (Wildman–Crippen LogP) is 6.68. The van der Waals surface area contributed by atoms with Gasteiger partial charge in [0.1, 0.15) is 0 Å². The van der Waals surface area contributed by atoms with E-state index in [0.29, 0.717) is 12.3 Å². The minimum Gasteiger partial charge on any atom is -0.343 e. The number of piperidine rings is 1. The van der Waals surface area contributed by atoms with E-state index in [1.807, 2.05) is 11.0 Å². The van der Waals surface area contributed by atoms with Crippen molar-refractivity contribution in [1.82, 2.24) is 14.5 Å². The summed E-state index contributed by atoms with van der Waals surface area (Å²) in [6.07, 6.45) is 5.07. The van der Waals surface area contributed by atoms with Crippen LogP contribution in [0.4, 0.5) is 0 Å². The van der Waals surface area contributed by atoms with Gasteiger partial charge >= 0.3 is 0 Å². The third-order valence-corrected chi connectivity index (χ3v) is 7.00. The predicted molar refractivity (Wildman–Crippen MR) is 134 cm³/mol. The molecule has 0 unspecified atom stereocenters. The quantitative estimate of drug-likeness (QED) is 0.285. The van der Waals surface area contributed by atoms with Crippen LogP contribution in [0.1, 0.15) is 52.0 Å². The highest BCUT2D eigenvalue weighted by molar-refractivity contribution is 7.99. The fourth-order valence-corrected chi connectivity index (χ4v) is 5.42. The lowest BCUT2D eigenvalue weighted by atomic mass is 10.0. The molecule has 2 heterocycles. The Morgan fingerprint density at radius 3 is 2.19 bits per heavy atom. The molecule has 0 atom stereocenters. The lowest BCUT2D eigenvalue weighted by molar-refractivity contribution is -0.132. The van der Waals surface area contributed by atoms with Crippen LogP contribution in [0.3, 0.4) is 0 Å². The molecule has 0 spiro atoms. The highest BCUT2D eigenvalue weighted by Crippen LogP contribution is 2.38. The highest BCUT2D eigenvalue weighted by atomic mass is 32.2. The fourth-order valence-electron chi connectivity index (χ4n) is 4.35. The van der Waals surface area contributed by atoms with Crippen LogP contribution >= 0.6 is 11.8 Å². The molecule has 1 aromatic heterocycles. The van der Waals surface area contributed by atoms with Crippen LogP contribution in [0.25, 0.3) is 22.5 Å². The van der Waals surface area contributed by atoms with Crippen molar-refractivity contribution < 1.29 is 4.79 Å². The number of carbonyl (C=O) groups is 1. The van der Waals surface area contributed by atoms with Gasteiger partial charge in [0, 0.05) is 42.4 Å². The summed E-state index contributed by atoms with van der Waals surface area (Å²) in [6.45, 7) is 6.30. The van der Waals surface area contributed by atoms with Gasteiger partial charge in [-0.15, -0.1) is 0 Å². The molecule has 1 fully saturated rings. The molecule has 5 heteroatoms. The largest absolute Gasteiger partial charge is 0.343 e. The van der Waals surface area contributed by atoms with Crippen molar-refractivity contribution in [2.75, 3.05) is 18.8 Å². The Morgan fingerprint density at radius 1 is 0.938 bits per heavy atom. The van der Waals surface area contributed by atoms with Crippen LogP contribution < -0.4 is 0 Å². The van der Waals surface area contributed by atoms with E-state index < -0.39 is 0 Å². The molecule has 4 rings (SSSR count). The second-order valence-electron chi connectivity index (χ2n) is 8.68. The van der Waals surface area contributed by atoms with E-state index in [-0.39, 0.29) is 6.04 Å². The van der Waals surface area contributed by atoms with Gasteiger partial charge in [-0.2, -0.15) is 0 Å². The molecule has 0 aliphatic carbocycles. The number of nitrogens with zero attached hydrogens (tertiary/aromatic N) is 3. The smallest absolute Gasteiger partial charge is 0.222 e. The van der Waals surface area contributed by atoms with Gasteiger partial charge in [-0.1, -0.05) is 72.4 Å². The summed E-state index contributed by atoms with van der Waals surface area (Å²) >= 11 is 1.77. The lowest BCUT2D eigenvalue weighted by Gasteiger charge is -2.26. The van der Waals surface area contributed by atoms with Crippen molar-refractivity contribution >= 4 is 17.7 Å². The monoisotopic (exact) mass is 447 g/mol. The number of benzene rings is 2. The summed E-state index contributed by atoms with van der Waals surface area (Å²) in [4.78, 5) is 19.7. The van der Waals surface area contributed by atoms with Gasteiger partial charge in [-0.05, 0) is 39.5 Å². The van der Waals surface area contributed by atoms with E-state index in [9.17, 15) is 4.79 Å². The average molecular weight is 448 g/mol. The minimum atomic E-state index is 0.285. The van der Waals surface area contributed by atoms with E-state index >= 15 is 0 Å². The van der Waals surface area contributed by atoms with Gasteiger partial charge < -0.3 is 9.47 Å². The van der Waals surface area contributed by atoms with E-state index in [2.05, 4.69) is 73.0 Å². The van der Waals surface area contributed by atoms with Gasteiger partial charge in [-0.25, -0.2) is 4.98 Å². The van der Waals surface area contributed by atoms with Gasteiger partial charge in [0.05, 0.1) is 11.4 Å². The maximum atomic E-state index is 12.5. The van der Waals surface area contributed by atoms with Crippen LogP contribution in [-0.4, -0.2) is 39.2 Å². The molecule has 2 aromatic carbocycles. The van der Waals surface area contributed by atoms with Crippen molar-refractivity contribution in [3.05, 3.63) is 60.7 Å². The molecule has 0 radical (unpaired) electrons. The Morgan fingerprint density at radius 2 is 1.56 bits per heavy atom. The SMILES string of the molecule is CC(C)n1c(SCCCC(=O)N2CCCCC2)nc(-c2ccccc2)c1-c1ccccc1. The molecule has 3 aromatic rings. The summed E-state index contributed by atoms with van der Waals surface area (Å²) in [5.74, 6) is 1.21. The van der Waals surface area contributed by atoms with E-state index in [0.717, 1.165) is 54.5 Å². The Balaban J connectivity index is 1.55. The Labute approximate surface area is 196 Å². The van der Waals surface area contributed by atoms with Crippen LogP contribution in [0, 0.1) is 0 Å². The number of hydrogen-bond donors (Lipinski definition) is 0. The average Bonchev–Trinajstić information content (AvgIpc) is 3.23. The van der Waals surface area contributed by atoms with Crippen molar-refractivity contribution in [3.8, 4) is 22.5 Å². The summed E-state index contributed by atoms with van der Waals surface area (Å²) in [5, 5.41) is 1.03. The first kappa shape index (κ1) is 22.7. The van der Waals surface area contributed by atoms with Gasteiger partial charge in [0.15, 0.2) is 5.16 Å². The molecule has 0 N–H and O–H groups in total. The van der Waals surface area contributed by atoms with Crippen LogP contribution in [0.5, 0.6) is 0 Å². The fraction of sp³-hybridized carbons (Fsp3) is 0.407. The Kier molecular flexibility index (Phi) is 7.69. The van der Waals surface area contributed by atoms with Crippen molar-refractivity contribution in [2.45, 2.75) is 57.1 Å². The molecule has 1 amide bonds. The maximum Gasteiger partial charge on any atom is 0.222 e. The van der Waals surface area contributed by atoms with Gasteiger partial charge in [0.2, 0.25) is 5.91 Å². The van der Waals surface area contributed by atoms with Gasteiger partial charge in [0.25, 0.3) is 0 Å². The number of imidazole rings is 1. The number of carbonyl (C=O) groups excluding carboxylic acids is 1. The standard InChI is InChI=1S/C27H33N3OS/c1-21(2)30-26(23-15-8-4-9-16-23)25(22-13-6-3-7-14-22)28-27(30)32-20-12-17-24(31)29-18-10-5-11-19-29/h3-4,6-9,13-16,21H,5,10-12,17-20H2,1-2H3. The number of thioether (sulfide) groups is 1. The second-order valence-corrected chi connectivity index (χ2v) is 9.74. The number of amides is 1. The van der Waals surface area contributed by atoms with Gasteiger partial charge in [-0.3, -0.25) is 4.79 Å². The first-order valence-electron chi connectivity index (χ1n) is 11.8. The zero-order valence-corrected chi connectivity index (χ0v) is 20.0. The number of likely N-dealkylation sites (tertiary alicyclic amines) is 1. The molecule has 0 bridgehead atoms. The summed E-state index contributed by atoms with van der Waals surface area (Å²) in [5.41, 5.74) is 4.50. The van der Waals surface area contributed by atoms with E-state index in [4.69, 9.17) is 4.98 Å². The molecule has 0 saturated carbocycles. The maximum absolute atomic E-state index is 12.5. The van der Waals surface area contributed by atoms with E-state index in [1.165, 1.54) is 17.7 Å². The molecule has 1 aliphatic heterocycles. The molecular formula is C27H33N3OS. The molecular weight excluding hydrogens is 414 g/mol. The molecule has 1 aliphatic rings. The van der Waals surface area contributed by atoms with Crippen LogP contribution in [-0.2, 0) is 4.79 Å². The topological polar surface area (TPSA) is 38.1 Å². The van der Waals surface area contributed by atoms with Crippen molar-refractivity contribution in [3.63, 3.8) is 0 Å². The zero-order chi connectivity index (χ0) is 22.3. The first-order chi connectivity index (χ1) is 15.6. The highest BCUT2D eigenvalue weighted by Gasteiger charge is 2.22. The number of aromatic nitrogens is 2. The van der Waals surface area contributed by atoms with E-state index in [1.54, 1.807) is 11.8 Å². The Hall–Kier alpha value is -2.53. The molecule has 4 nitrogen and oxygen atoms in total. The first-order valence-corrected chi connectivity index (χ1v) is 12.8. The molecule has 32 heavy (non-hydrogen) atoms. The van der Waals surface area contributed by atoms with Crippen LogP contribution in [0.2, 0.25) is 0 Å². The zero-order valence-electron chi connectivity index (χ0n) is 19.2.